The van der Waals surface area contributed by atoms with Gasteiger partial charge in [-0.1, -0.05) is 37.3 Å². The Morgan fingerprint density at radius 1 is 1.44 bits per heavy atom. The van der Waals surface area contributed by atoms with Crippen molar-refractivity contribution < 1.29 is 20.2 Å². The molecule has 0 aliphatic rings. The average molecular weight is 256 g/mol. The molecule has 7 heteroatoms. The lowest BCUT2D eigenvalue weighted by Gasteiger charge is -2.12. The maximum Gasteiger partial charge on any atom is 0.321 e. The molecule has 1 aromatic carbocycles. The molecule has 3 N–H and O–H groups in total. The number of nitrogens with zero attached hydrogens (tertiary/aromatic N) is 1. The van der Waals surface area contributed by atoms with Gasteiger partial charge < -0.3 is 15.6 Å². The molecular formula is C11H16N2O5. The zero-order valence-corrected chi connectivity index (χ0v) is 9.94. The Bertz CT molecular complexity index is 365. The summed E-state index contributed by atoms with van der Waals surface area (Å²) in [5, 5.41) is 25.5. The first-order chi connectivity index (χ1) is 8.47. The molecule has 0 aliphatic carbocycles. The zero-order chi connectivity index (χ0) is 14.0. The SMILES string of the molecule is CCNC(Cc1ccccc1)C(=O)O.O=[N+]([O-])O. The summed E-state index contributed by atoms with van der Waals surface area (Å²) in [7, 11) is 0. The molecule has 0 heterocycles. The Morgan fingerprint density at radius 2 is 1.94 bits per heavy atom. The molecule has 0 spiro atoms. The van der Waals surface area contributed by atoms with Crippen LogP contribution in [0, 0.1) is 10.1 Å². The molecular weight excluding hydrogens is 240 g/mol. The summed E-state index contributed by atoms with van der Waals surface area (Å²) in [6.45, 7) is 2.57. The molecule has 1 atom stereocenters. The fraction of sp³-hybridized carbons (Fsp3) is 0.364. The Hall–Kier alpha value is -2.15. The highest BCUT2D eigenvalue weighted by molar-refractivity contribution is 5.73. The number of hydrogen-bond donors (Lipinski definition) is 3. The number of carboxylic acid groups (broad SMARTS) is 1. The lowest BCUT2D eigenvalue weighted by molar-refractivity contribution is -0.742. The molecule has 1 rings (SSSR count). The molecule has 18 heavy (non-hydrogen) atoms. The van der Waals surface area contributed by atoms with Crippen LogP contribution in [0.5, 0.6) is 0 Å². The van der Waals surface area contributed by atoms with Gasteiger partial charge in [-0.05, 0) is 18.5 Å². The monoisotopic (exact) mass is 256 g/mol. The summed E-state index contributed by atoms with van der Waals surface area (Å²) in [6.07, 6.45) is 0.532. The molecule has 0 fully saturated rings. The molecule has 0 bridgehead atoms. The van der Waals surface area contributed by atoms with Crippen molar-refractivity contribution in [3.63, 3.8) is 0 Å². The maximum absolute atomic E-state index is 10.8. The first kappa shape index (κ1) is 15.9. The Labute approximate surface area is 104 Å². The molecule has 1 aromatic rings. The van der Waals surface area contributed by atoms with Gasteiger partial charge in [-0.2, -0.15) is 0 Å². The van der Waals surface area contributed by atoms with E-state index in [2.05, 4.69) is 5.32 Å². The van der Waals surface area contributed by atoms with Gasteiger partial charge in [0.25, 0.3) is 5.09 Å². The van der Waals surface area contributed by atoms with Crippen LogP contribution in [0.25, 0.3) is 0 Å². The van der Waals surface area contributed by atoms with Crippen LogP contribution in [0.1, 0.15) is 12.5 Å². The van der Waals surface area contributed by atoms with Crippen LogP contribution in [0.2, 0.25) is 0 Å². The Kier molecular flexibility index (Phi) is 7.87. The van der Waals surface area contributed by atoms with Gasteiger partial charge in [-0.3, -0.25) is 4.79 Å². The third-order valence-corrected chi connectivity index (χ3v) is 2.03. The lowest BCUT2D eigenvalue weighted by atomic mass is 10.1. The van der Waals surface area contributed by atoms with Gasteiger partial charge in [-0.15, -0.1) is 10.1 Å². The number of rotatable bonds is 5. The largest absolute Gasteiger partial charge is 0.480 e. The normalized spacial score (nSPS) is 10.9. The molecule has 0 saturated heterocycles. The minimum Gasteiger partial charge on any atom is -0.480 e. The van der Waals surface area contributed by atoms with Crippen molar-refractivity contribution in [1.82, 2.24) is 5.32 Å². The summed E-state index contributed by atoms with van der Waals surface area (Å²) >= 11 is 0. The standard InChI is InChI=1S/C11H15NO2.HNO3/c1-2-12-10(11(13)14)8-9-6-4-3-5-7-9;2-1(3)4/h3-7,10,12H,2,8H2,1H3,(H,13,14);(H,2,3,4). The van der Waals surface area contributed by atoms with E-state index >= 15 is 0 Å². The highest BCUT2D eigenvalue weighted by Gasteiger charge is 2.15. The topological polar surface area (TPSA) is 113 Å². The Morgan fingerprint density at radius 3 is 2.33 bits per heavy atom. The van der Waals surface area contributed by atoms with E-state index in [1.54, 1.807) is 0 Å². The predicted molar refractivity (Wildman–Crippen MR) is 64.0 cm³/mol. The number of carbonyl (C=O) groups is 1. The van der Waals surface area contributed by atoms with Crippen LogP contribution in [0.4, 0.5) is 0 Å². The van der Waals surface area contributed by atoms with Gasteiger partial charge in [0.2, 0.25) is 0 Å². The minimum atomic E-state index is -1.50. The van der Waals surface area contributed by atoms with Crippen molar-refractivity contribution in [2.75, 3.05) is 6.54 Å². The van der Waals surface area contributed by atoms with Crippen LogP contribution in [-0.4, -0.2) is 34.0 Å². The number of aliphatic carboxylic acids is 1. The molecule has 1 unspecified atom stereocenters. The van der Waals surface area contributed by atoms with Crippen LogP contribution >= 0.6 is 0 Å². The predicted octanol–water partition coefficient (Wildman–Crippen LogP) is 0.944. The van der Waals surface area contributed by atoms with Crippen molar-refractivity contribution in [2.24, 2.45) is 0 Å². The zero-order valence-electron chi connectivity index (χ0n) is 9.94. The van der Waals surface area contributed by atoms with Gasteiger partial charge in [0.15, 0.2) is 0 Å². The van der Waals surface area contributed by atoms with E-state index in [0.717, 1.165) is 5.56 Å². The number of carboxylic acids is 1. The van der Waals surface area contributed by atoms with Crippen LogP contribution < -0.4 is 5.32 Å². The van der Waals surface area contributed by atoms with Crippen molar-refractivity contribution in [3.8, 4) is 0 Å². The molecule has 0 saturated carbocycles. The van der Waals surface area contributed by atoms with E-state index in [-0.39, 0.29) is 0 Å². The van der Waals surface area contributed by atoms with E-state index < -0.39 is 17.1 Å². The molecule has 0 radical (unpaired) electrons. The highest BCUT2D eigenvalue weighted by atomic mass is 16.9. The van der Waals surface area contributed by atoms with Crippen LogP contribution in [0.15, 0.2) is 30.3 Å². The van der Waals surface area contributed by atoms with Crippen molar-refractivity contribution in [1.29, 1.82) is 0 Å². The quantitative estimate of drug-likeness (QED) is 0.534. The summed E-state index contributed by atoms with van der Waals surface area (Å²) in [5.41, 5.74) is 1.04. The van der Waals surface area contributed by atoms with Gasteiger partial charge in [-0.25, -0.2) is 0 Å². The third-order valence-electron chi connectivity index (χ3n) is 2.03. The average Bonchev–Trinajstić information content (AvgIpc) is 2.29. The second-order valence-electron chi connectivity index (χ2n) is 3.38. The van der Waals surface area contributed by atoms with Crippen LogP contribution in [-0.2, 0) is 11.2 Å². The molecule has 0 aliphatic heterocycles. The number of likely N-dealkylation sites (N-methyl/N-ethyl adjacent to an activating group) is 1. The minimum absolute atomic E-state index is 0.484. The summed E-state index contributed by atoms with van der Waals surface area (Å²) in [6, 6.07) is 9.15. The maximum atomic E-state index is 10.8. The second kappa shape index (κ2) is 8.94. The molecule has 0 aromatic heterocycles. The first-order valence-electron chi connectivity index (χ1n) is 5.30. The second-order valence-corrected chi connectivity index (χ2v) is 3.38. The smallest absolute Gasteiger partial charge is 0.321 e. The van der Waals surface area contributed by atoms with E-state index in [1.165, 1.54) is 0 Å². The Balaban J connectivity index is 0.000000631. The number of hydrogen-bond acceptors (Lipinski definition) is 4. The van der Waals surface area contributed by atoms with E-state index in [9.17, 15) is 4.79 Å². The fourth-order valence-electron chi connectivity index (χ4n) is 1.34. The van der Waals surface area contributed by atoms with Gasteiger partial charge >= 0.3 is 5.97 Å². The summed E-state index contributed by atoms with van der Waals surface area (Å²) in [5.74, 6) is -0.796. The third kappa shape index (κ3) is 8.05. The van der Waals surface area contributed by atoms with E-state index in [4.69, 9.17) is 20.4 Å². The summed E-state index contributed by atoms with van der Waals surface area (Å²) < 4.78 is 0. The summed E-state index contributed by atoms with van der Waals surface area (Å²) in [4.78, 5) is 19.2. The van der Waals surface area contributed by atoms with Crippen LogP contribution in [0.3, 0.4) is 0 Å². The number of benzene rings is 1. The van der Waals surface area contributed by atoms with E-state index in [0.29, 0.717) is 13.0 Å². The van der Waals surface area contributed by atoms with Gasteiger partial charge in [0.05, 0.1) is 0 Å². The number of nitrogens with one attached hydrogen (secondary N) is 1. The lowest BCUT2D eigenvalue weighted by Crippen LogP contribution is -2.38. The van der Waals surface area contributed by atoms with E-state index in [1.807, 2.05) is 37.3 Å². The molecule has 0 amide bonds. The van der Waals surface area contributed by atoms with Gasteiger partial charge in [0.1, 0.15) is 6.04 Å². The van der Waals surface area contributed by atoms with Crippen molar-refractivity contribution in [3.05, 3.63) is 46.0 Å². The molecule has 100 valence electrons. The van der Waals surface area contributed by atoms with Gasteiger partial charge in [0, 0.05) is 0 Å². The van der Waals surface area contributed by atoms with Crippen molar-refractivity contribution >= 4 is 5.97 Å². The molecule has 7 nitrogen and oxygen atoms in total. The fourth-order valence-corrected chi connectivity index (χ4v) is 1.34. The highest BCUT2D eigenvalue weighted by Crippen LogP contribution is 2.03. The first-order valence-corrected chi connectivity index (χ1v) is 5.30. The van der Waals surface area contributed by atoms with Crippen molar-refractivity contribution in [2.45, 2.75) is 19.4 Å².